The van der Waals surface area contributed by atoms with Gasteiger partial charge in [0.05, 0.1) is 0 Å². The molecule has 0 aliphatic carbocycles. The Balaban J connectivity index is 1.92. The van der Waals surface area contributed by atoms with Crippen molar-refractivity contribution in [1.82, 2.24) is 0 Å². The Morgan fingerprint density at radius 2 is 1.78 bits per heavy atom. The number of benzene rings is 2. The molecule has 0 saturated carbocycles. The van der Waals surface area contributed by atoms with Crippen LogP contribution in [0.25, 0.3) is 11.0 Å². The van der Waals surface area contributed by atoms with Crippen LogP contribution in [0.3, 0.4) is 0 Å². The summed E-state index contributed by atoms with van der Waals surface area (Å²) >= 11 is 10.9. The highest BCUT2D eigenvalue weighted by Gasteiger charge is 2.06. The molecule has 0 aliphatic rings. The molecule has 0 unspecified atom stereocenters. The summed E-state index contributed by atoms with van der Waals surface area (Å²) in [6.45, 7) is 0. The summed E-state index contributed by atoms with van der Waals surface area (Å²) in [5, 5.41) is 2.72. The van der Waals surface area contributed by atoms with Crippen molar-refractivity contribution in [3.63, 3.8) is 0 Å². The molecular weight excluding hydrogens is 332 g/mol. The molecule has 1 nitrogen and oxygen atoms in total. The lowest BCUT2D eigenvalue weighted by Gasteiger charge is -1.97. The Morgan fingerprint density at radius 1 is 1.00 bits per heavy atom. The van der Waals surface area contributed by atoms with Gasteiger partial charge in [-0.2, -0.15) is 0 Å². The van der Waals surface area contributed by atoms with E-state index in [2.05, 4.69) is 15.9 Å². The first-order chi connectivity index (χ1) is 8.70. The number of fused-ring (bicyclic) bond motifs is 1. The molecule has 3 aromatic rings. The van der Waals surface area contributed by atoms with Crippen LogP contribution in [0, 0.1) is 0 Å². The maximum Gasteiger partial charge on any atom is 0.166 e. The van der Waals surface area contributed by atoms with Crippen molar-refractivity contribution in [2.24, 2.45) is 0 Å². The average Bonchev–Trinajstić information content (AvgIpc) is 2.73. The van der Waals surface area contributed by atoms with Crippen molar-refractivity contribution in [3.8, 4) is 0 Å². The van der Waals surface area contributed by atoms with Crippen LogP contribution in [0.2, 0.25) is 5.02 Å². The molecule has 0 spiro atoms. The first-order valence-electron chi connectivity index (χ1n) is 5.33. The summed E-state index contributed by atoms with van der Waals surface area (Å²) in [5.74, 6) is 0. The van der Waals surface area contributed by atoms with Crippen LogP contribution >= 0.6 is 39.3 Å². The van der Waals surface area contributed by atoms with Crippen LogP contribution in [-0.4, -0.2) is 0 Å². The quantitative estimate of drug-likeness (QED) is 0.568. The van der Waals surface area contributed by atoms with Gasteiger partial charge < -0.3 is 4.42 Å². The van der Waals surface area contributed by atoms with Gasteiger partial charge in [-0.3, -0.25) is 0 Å². The van der Waals surface area contributed by atoms with Crippen LogP contribution in [0.1, 0.15) is 0 Å². The van der Waals surface area contributed by atoms with E-state index in [1.165, 1.54) is 0 Å². The molecule has 0 aliphatic heterocycles. The third-order valence-electron chi connectivity index (χ3n) is 2.49. The molecule has 0 N–H and O–H groups in total. The van der Waals surface area contributed by atoms with Crippen LogP contribution in [-0.2, 0) is 0 Å². The van der Waals surface area contributed by atoms with Crippen LogP contribution in [0.4, 0.5) is 0 Å². The van der Waals surface area contributed by atoms with Gasteiger partial charge in [0, 0.05) is 19.8 Å². The SMILES string of the molecule is Clc1ccc(Sc2cc3cc(Br)ccc3o2)cc1. The van der Waals surface area contributed by atoms with E-state index in [-0.39, 0.29) is 0 Å². The first kappa shape index (κ1) is 12.2. The van der Waals surface area contributed by atoms with Crippen molar-refractivity contribution < 1.29 is 4.42 Å². The van der Waals surface area contributed by atoms with Crippen LogP contribution in [0.15, 0.2) is 67.4 Å². The second-order valence-corrected chi connectivity index (χ2v) is 6.23. The summed E-state index contributed by atoms with van der Waals surface area (Å²) in [6, 6.07) is 15.7. The van der Waals surface area contributed by atoms with E-state index in [0.29, 0.717) is 0 Å². The second kappa shape index (κ2) is 5.00. The molecule has 90 valence electrons. The average molecular weight is 340 g/mol. The third-order valence-corrected chi connectivity index (χ3v) is 4.14. The molecule has 0 fully saturated rings. The molecule has 4 heteroatoms. The van der Waals surface area contributed by atoms with Gasteiger partial charge in [0.25, 0.3) is 0 Å². The Hall–Kier alpha value is -0.900. The molecule has 0 amide bonds. The highest BCUT2D eigenvalue weighted by Crippen LogP contribution is 2.33. The van der Waals surface area contributed by atoms with Gasteiger partial charge in [0.15, 0.2) is 5.09 Å². The topological polar surface area (TPSA) is 13.1 Å². The largest absolute Gasteiger partial charge is 0.450 e. The Morgan fingerprint density at radius 3 is 2.56 bits per heavy atom. The van der Waals surface area contributed by atoms with E-state index in [4.69, 9.17) is 16.0 Å². The van der Waals surface area contributed by atoms with Gasteiger partial charge in [-0.05, 0) is 48.5 Å². The smallest absolute Gasteiger partial charge is 0.166 e. The minimum absolute atomic E-state index is 0.743. The molecule has 0 radical (unpaired) electrons. The van der Waals surface area contributed by atoms with Crippen molar-refractivity contribution in [3.05, 3.63) is 58.0 Å². The molecule has 2 aromatic carbocycles. The lowest BCUT2D eigenvalue weighted by atomic mass is 10.3. The zero-order valence-corrected chi connectivity index (χ0v) is 12.3. The molecule has 0 bridgehead atoms. The highest BCUT2D eigenvalue weighted by molar-refractivity contribution is 9.10. The molecule has 18 heavy (non-hydrogen) atoms. The van der Waals surface area contributed by atoms with Crippen LogP contribution in [0.5, 0.6) is 0 Å². The maximum absolute atomic E-state index is 5.86. The Kier molecular flexibility index (Phi) is 3.37. The van der Waals surface area contributed by atoms with Gasteiger partial charge in [0.2, 0.25) is 0 Å². The van der Waals surface area contributed by atoms with Gasteiger partial charge in [-0.1, -0.05) is 39.3 Å². The van der Waals surface area contributed by atoms with Crippen LogP contribution < -0.4 is 0 Å². The Labute approximate surface area is 122 Å². The zero-order valence-electron chi connectivity index (χ0n) is 9.19. The first-order valence-corrected chi connectivity index (χ1v) is 7.32. The van der Waals surface area contributed by atoms with E-state index in [1.807, 2.05) is 48.5 Å². The Bertz CT molecular complexity index is 691. The molecule has 3 rings (SSSR count). The van der Waals surface area contributed by atoms with Gasteiger partial charge in [-0.15, -0.1) is 0 Å². The van der Waals surface area contributed by atoms with Crippen molar-refractivity contribution in [2.75, 3.05) is 0 Å². The minimum Gasteiger partial charge on any atom is -0.450 e. The van der Waals surface area contributed by atoms with Crippen molar-refractivity contribution in [1.29, 1.82) is 0 Å². The van der Waals surface area contributed by atoms with E-state index in [9.17, 15) is 0 Å². The van der Waals surface area contributed by atoms with Gasteiger partial charge in [-0.25, -0.2) is 0 Å². The zero-order chi connectivity index (χ0) is 12.5. The number of halogens is 2. The normalized spacial score (nSPS) is 11.0. The van der Waals surface area contributed by atoms with E-state index in [1.54, 1.807) is 11.8 Å². The summed E-state index contributed by atoms with van der Waals surface area (Å²) in [6.07, 6.45) is 0. The highest BCUT2D eigenvalue weighted by atomic mass is 79.9. The van der Waals surface area contributed by atoms with Crippen molar-refractivity contribution in [2.45, 2.75) is 9.99 Å². The number of hydrogen-bond acceptors (Lipinski definition) is 2. The van der Waals surface area contributed by atoms with E-state index >= 15 is 0 Å². The molecular formula is C14H8BrClOS. The van der Waals surface area contributed by atoms with Gasteiger partial charge >= 0.3 is 0 Å². The number of rotatable bonds is 2. The fourth-order valence-electron chi connectivity index (χ4n) is 1.66. The van der Waals surface area contributed by atoms with Gasteiger partial charge in [0.1, 0.15) is 5.58 Å². The predicted octanol–water partition coefficient (Wildman–Crippen LogP) is 6.00. The summed E-state index contributed by atoms with van der Waals surface area (Å²) < 4.78 is 6.82. The van der Waals surface area contributed by atoms with E-state index < -0.39 is 0 Å². The molecule has 1 heterocycles. The lowest BCUT2D eigenvalue weighted by Crippen LogP contribution is -1.69. The second-order valence-electron chi connectivity index (χ2n) is 3.80. The number of furan rings is 1. The maximum atomic E-state index is 5.86. The fourth-order valence-corrected chi connectivity index (χ4v) is 2.99. The predicted molar refractivity (Wildman–Crippen MR) is 79.5 cm³/mol. The monoisotopic (exact) mass is 338 g/mol. The molecule has 0 saturated heterocycles. The third kappa shape index (κ3) is 2.58. The summed E-state index contributed by atoms with van der Waals surface area (Å²) in [7, 11) is 0. The molecule has 1 aromatic heterocycles. The lowest BCUT2D eigenvalue weighted by molar-refractivity contribution is 0.515. The van der Waals surface area contributed by atoms with Crippen molar-refractivity contribution >= 4 is 50.3 Å². The standard InChI is InChI=1S/C14H8BrClOS/c15-10-1-6-13-9(7-10)8-14(17-13)18-12-4-2-11(16)3-5-12/h1-8H. The molecule has 0 atom stereocenters. The van der Waals surface area contributed by atoms with E-state index in [0.717, 1.165) is 30.5 Å². The summed E-state index contributed by atoms with van der Waals surface area (Å²) in [4.78, 5) is 1.11. The minimum atomic E-state index is 0.743. The summed E-state index contributed by atoms with van der Waals surface area (Å²) in [5.41, 5.74) is 0.898. The fraction of sp³-hybridized carbons (Fsp3) is 0. The number of hydrogen-bond donors (Lipinski definition) is 0.